The number of carbonyl (C=O) groups excluding carboxylic acids is 2. The Bertz CT molecular complexity index is 559. The normalized spacial score (nSPS) is 17.7. The zero-order valence-electron chi connectivity index (χ0n) is 8.09. The molecule has 1 aromatic carbocycles. The van der Waals surface area contributed by atoms with Crippen LogP contribution in [0.5, 0.6) is 0 Å². The molecule has 1 saturated heterocycles. The Morgan fingerprint density at radius 1 is 1.29 bits per heavy atom. The van der Waals surface area contributed by atoms with Gasteiger partial charge in [-0.25, -0.2) is 8.78 Å². The summed E-state index contributed by atoms with van der Waals surface area (Å²) in [5.41, 5.74) is -0.440. The molecule has 0 atom stereocenters. The maximum absolute atomic E-state index is 13.5. The van der Waals surface area contributed by atoms with E-state index in [-0.39, 0.29) is 9.93 Å². The summed E-state index contributed by atoms with van der Waals surface area (Å²) >= 11 is 6.07. The van der Waals surface area contributed by atoms with Crippen LogP contribution in [0.15, 0.2) is 17.0 Å². The summed E-state index contributed by atoms with van der Waals surface area (Å²) in [5, 5.41) is 1.14. The fourth-order valence-corrected chi connectivity index (χ4v) is 2.06. The number of amides is 2. The molecule has 1 N–H and O–H groups in total. The Kier molecular flexibility index (Phi) is 3.17. The fraction of sp³-hybridized carbons (Fsp3) is 0. The number of thioether (sulfide) groups is 1. The Morgan fingerprint density at radius 2 is 2.00 bits per heavy atom. The van der Waals surface area contributed by atoms with E-state index in [1.165, 1.54) is 0 Å². The lowest BCUT2D eigenvalue weighted by atomic mass is 10.2. The predicted octanol–water partition coefficient (Wildman–Crippen LogP) is 2.94. The van der Waals surface area contributed by atoms with E-state index < -0.39 is 28.3 Å². The monoisotopic (exact) mass is 275 g/mol. The summed E-state index contributed by atoms with van der Waals surface area (Å²) in [6.07, 6.45) is 0.960. The predicted molar refractivity (Wildman–Crippen MR) is 60.5 cm³/mol. The largest absolute Gasteiger partial charge is 0.290 e. The highest BCUT2D eigenvalue weighted by Crippen LogP contribution is 2.29. The fourth-order valence-electron chi connectivity index (χ4n) is 1.23. The first-order chi connectivity index (χ1) is 7.99. The zero-order chi connectivity index (χ0) is 12.6. The molecule has 0 saturated carbocycles. The second kappa shape index (κ2) is 4.46. The molecule has 2 amide bonds. The highest BCUT2D eigenvalue weighted by molar-refractivity contribution is 8.18. The van der Waals surface area contributed by atoms with Crippen molar-refractivity contribution in [1.82, 2.24) is 5.32 Å². The first-order valence-corrected chi connectivity index (χ1v) is 5.57. The van der Waals surface area contributed by atoms with Crippen LogP contribution in [0.2, 0.25) is 5.02 Å². The first kappa shape index (κ1) is 12.1. The van der Waals surface area contributed by atoms with E-state index in [1.807, 2.05) is 5.32 Å². The standard InChI is InChI=1S/C10H4ClF2NO2S/c11-5-1-2-6(12)4(8(5)13)3-7-9(15)14-10(16)17-7/h1-3H,(H,14,15,16). The number of rotatable bonds is 1. The maximum Gasteiger partial charge on any atom is 0.290 e. The second-order valence-corrected chi connectivity index (χ2v) is 4.53. The van der Waals surface area contributed by atoms with Crippen molar-refractivity contribution in [2.75, 3.05) is 0 Å². The van der Waals surface area contributed by atoms with Gasteiger partial charge in [-0.2, -0.15) is 0 Å². The van der Waals surface area contributed by atoms with E-state index in [1.54, 1.807) is 0 Å². The molecular weight excluding hydrogens is 272 g/mol. The van der Waals surface area contributed by atoms with Gasteiger partial charge in [0.15, 0.2) is 5.82 Å². The van der Waals surface area contributed by atoms with Gasteiger partial charge >= 0.3 is 0 Å². The number of carbonyl (C=O) groups is 2. The molecule has 0 aliphatic carbocycles. The molecule has 2 rings (SSSR count). The van der Waals surface area contributed by atoms with Gasteiger partial charge in [-0.1, -0.05) is 11.6 Å². The first-order valence-electron chi connectivity index (χ1n) is 4.37. The van der Waals surface area contributed by atoms with Crippen molar-refractivity contribution in [2.24, 2.45) is 0 Å². The molecule has 0 unspecified atom stereocenters. The third-order valence-electron chi connectivity index (χ3n) is 2.00. The summed E-state index contributed by atoms with van der Waals surface area (Å²) in [7, 11) is 0. The smallest absolute Gasteiger partial charge is 0.282 e. The number of benzene rings is 1. The second-order valence-electron chi connectivity index (χ2n) is 3.11. The zero-order valence-corrected chi connectivity index (χ0v) is 9.66. The molecule has 0 spiro atoms. The molecule has 17 heavy (non-hydrogen) atoms. The van der Waals surface area contributed by atoms with Gasteiger partial charge in [0.1, 0.15) is 5.82 Å². The topological polar surface area (TPSA) is 46.2 Å². The van der Waals surface area contributed by atoms with Crippen molar-refractivity contribution in [2.45, 2.75) is 0 Å². The number of hydrogen-bond donors (Lipinski definition) is 1. The average molecular weight is 276 g/mol. The Hall–Kier alpha value is -1.40. The number of imide groups is 1. The van der Waals surface area contributed by atoms with E-state index in [0.717, 1.165) is 18.2 Å². The van der Waals surface area contributed by atoms with E-state index >= 15 is 0 Å². The van der Waals surface area contributed by atoms with Crippen LogP contribution in [0, 0.1) is 11.6 Å². The lowest BCUT2D eigenvalue weighted by Crippen LogP contribution is -2.17. The molecule has 0 radical (unpaired) electrons. The molecule has 3 nitrogen and oxygen atoms in total. The lowest BCUT2D eigenvalue weighted by Gasteiger charge is -2.01. The number of halogens is 3. The van der Waals surface area contributed by atoms with Crippen LogP contribution in [-0.2, 0) is 4.79 Å². The lowest BCUT2D eigenvalue weighted by molar-refractivity contribution is -0.115. The summed E-state index contributed by atoms with van der Waals surface area (Å²) in [4.78, 5) is 22.0. The van der Waals surface area contributed by atoms with Crippen LogP contribution in [0.1, 0.15) is 5.56 Å². The van der Waals surface area contributed by atoms with Gasteiger partial charge in [0.2, 0.25) is 0 Å². The number of hydrogen-bond acceptors (Lipinski definition) is 3. The van der Waals surface area contributed by atoms with E-state index in [2.05, 4.69) is 0 Å². The van der Waals surface area contributed by atoms with Crippen LogP contribution in [0.25, 0.3) is 6.08 Å². The SMILES string of the molecule is O=C1NC(=O)C(=Cc2c(F)ccc(Cl)c2F)S1. The van der Waals surface area contributed by atoms with E-state index in [0.29, 0.717) is 11.8 Å². The summed E-state index contributed by atoms with van der Waals surface area (Å²) in [5.74, 6) is -2.50. The van der Waals surface area contributed by atoms with Crippen LogP contribution in [0.3, 0.4) is 0 Å². The van der Waals surface area contributed by atoms with Crippen LogP contribution >= 0.6 is 23.4 Å². The summed E-state index contributed by atoms with van der Waals surface area (Å²) in [6, 6.07) is 2.05. The Balaban J connectivity index is 2.49. The Labute approximate surface area is 104 Å². The third kappa shape index (κ3) is 2.32. The van der Waals surface area contributed by atoms with Crippen LogP contribution in [-0.4, -0.2) is 11.1 Å². The number of nitrogens with one attached hydrogen (secondary N) is 1. The molecule has 0 bridgehead atoms. The van der Waals surface area contributed by atoms with Crippen LogP contribution < -0.4 is 5.32 Å². The van der Waals surface area contributed by atoms with Gasteiger partial charge in [0.25, 0.3) is 11.1 Å². The van der Waals surface area contributed by atoms with Gasteiger partial charge in [0, 0.05) is 5.56 Å². The van der Waals surface area contributed by atoms with Gasteiger partial charge in [-0.05, 0) is 30.0 Å². The van der Waals surface area contributed by atoms with Crippen molar-refractivity contribution in [3.05, 3.63) is 39.3 Å². The van der Waals surface area contributed by atoms with Crippen molar-refractivity contribution >= 4 is 40.6 Å². The van der Waals surface area contributed by atoms with Gasteiger partial charge in [-0.3, -0.25) is 14.9 Å². The highest BCUT2D eigenvalue weighted by atomic mass is 35.5. The van der Waals surface area contributed by atoms with Crippen molar-refractivity contribution < 1.29 is 18.4 Å². The van der Waals surface area contributed by atoms with Crippen molar-refractivity contribution in [1.29, 1.82) is 0 Å². The molecular formula is C10H4ClF2NO2S. The minimum Gasteiger partial charge on any atom is -0.282 e. The van der Waals surface area contributed by atoms with Crippen LogP contribution in [0.4, 0.5) is 13.6 Å². The minimum absolute atomic E-state index is 0.0740. The molecule has 1 aliphatic rings. The molecule has 1 fully saturated rings. The molecule has 1 aliphatic heterocycles. The van der Waals surface area contributed by atoms with Crippen molar-refractivity contribution in [3.63, 3.8) is 0 Å². The molecule has 88 valence electrons. The highest BCUT2D eigenvalue weighted by Gasteiger charge is 2.26. The quantitative estimate of drug-likeness (QED) is 0.633. The molecule has 1 aromatic rings. The average Bonchev–Trinajstić information content (AvgIpc) is 2.58. The van der Waals surface area contributed by atoms with E-state index in [4.69, 9.17) is 11.6 Å². The molecule has 7 heteroatoms. The summed E-state index contributed by atoms with van der Waals surface area (Å²) in [6.45, 7) is 0. The Morgan fingerprint density at radius 3 is 2.59 bits per heavy atom. The van der Waals surface area contributed by atoms with E-state index in [9.17, 15) is 18.4 Å². The summed E-state index contributed by atoms with van der Waals surface area (Å²) < 4.78 is 26.8. The van der Waals surface area contributed by atoms with Gasteiger partial charge in [-0.15, -0.1) is 0 Å². The molecule has 0 aromatic heterocycles. The third-order valence-corrected chi connectivity index (χ3v) is 3.10. The van der Waals surface area contributed by atoms with Gasteiger partial charge in [0.05, 0.1) is 9.93 Å². The minimum atomic E-state index is -0.966. The van der Waals surface area contributed by atoms with Crippen molar-refractivity contribution in [3.8, 4) is 0 Å². The van der Waals surface area contributed by atoms with Gasteiger partial charge < -0.3 is 0 Å². The maximum atomic E-state index is 13.5. The molecule has 1 heterocycles.